The van der Waals surface area contributed by atoms with Crippen molar-refractivity contribution in [2.45, 2.75) is 19.1 Å². The van der Waals surface area contributed by atoms with E-state index in [1.54, 1.807) is 32.4 Å². The summed E-state index contributed by atoms with van der Waals surface area (Å²) in [6, 6.07) is 11.1. The summed E-state index contributed by atoms with van der Waals surface area (Å²) in [5.74, 6) is 1.59. The lowest BCUT2D eigenvalue weighted by Crippen LogP contribution is -2.14. The van der Waals surface area contributed by atoms with E-state index < -0.39 is 0 Å². The van der Waals surface area contributed by atoms with E-state index in [0.29, 0.717) is 28.2 Å². The highest BCUT2D eigenvalue weighted by Crippen LogP contribution is 2.30. The molecule has 1 heterocycles. The van der Waals surface area contributed by atoms with Crippen molar-refractivity contribution in [1.82, 2.24) is 10.2 Å². The molecule has 0 saturated carbocycles. The predicted octanol–water partition coefficient (Wildman–Crippen LogP) is 4.10. The molecule has 28 heavy (non-hydrogen) atoms. The Kier molecular flexibility index (Phi) is 6.20. The van der Waals surface area contributed by atoms with E-state index in [2.05, 4.69) is 15.5 Å². The molecule has 1 amide bonds. The first-order valence-electron chi connectivity index (χ1n) is 8.55. The number of methoxy groups -OCH3 is 2. The van der Waals surface area contributed by atoms with Gasteiger partial charge in [0, 0.05) is 17.3 Å². The third kappa shape index (κ3) is 4.83. The molecule has 1 aromatic heterocycles. The Bertz CT molecular complexity index is 965. The number of anilines is 1. The Morgan fingerprint density at radius 1 is 1.04 bits per heavy atom. The summed E-state index contributed by atoms with van der Waals surface area (Å²) in [6.45, 7) is 4.04. The largest absolute Gasteiger partial charge is 0.497 e. The van der Waals surface area contributed by atoms with Crippen molar-refractivity contribution < 1.29 is 18.7 Å². The van der Waals surface area contributed by atoms with Crippen molar-refractivity contribution >= 4 is 23.4 Å². The molecule has 3 aromatic rings. The molecule has 0 aliphatic heterocycles. The zero-order valence-electron chi connectivity index (χ0n) is 16.1. The van der Waals surface area contributed by atoms with Crippen LogP contribution in [0, 0.1) is 13.8 Å². The third-order valence-electron chi connectivity index (χ3n) is 4.12. The summed E-state index contributed by atoms with van der Waals surface area (Å²) in [5.41, 5.74) is 3.75. The minimum atomic E-state index is -0.143. The van der Waals surface area contributed by atoms with Crippen LogP contribution in [-0.4, -0.2) is 36.1 Å². The van der Waals surface area contributed by atoms with Crippen LogP contribution in [0.4, 0.5) is 5.69 Å². The fraction of sp³-hybridized carbons (Fsp3) is 0.250. The number of ether oxygens (including phenoxy) is 2. The number of aromatic nitrogens is 2. The van der Waals surface area contributed by atoms with Crippen molar-refractivity contribution in [2.24, 2.45) is 0 Å². The molecule has 0 aliphatic carbocycles. The molecule has 1 N–H and O–H groups in total. The topological polar surface area (TPSA) is 86.5 Å². The van der Waals surface area contributed by atoms with Crippen LogP contribution < -0.4 is 14.8 Å². The van der Waals surface area contributed by atoms with Crippen LogP contribution >= 0.6 is 11.8 Å². The Hall–Kier alpha value is -3.00. The molecule has 0 unspecified atom stereocenters. The summed E-state index contributed by atoms with van der Waals surface area (Å²) in [4.78, 5) is 12.2. The lowest BCUT2D eigenvalue weighted by molar-refractivity contribution is -0.113. The van der Waals surface area contributed by atoms with Gasteiger partial charge in [-0.1, -0.05) is 17.8 Å². The van der Waals surface area contributed by atoms with E-state index in [4.69, 9.17) is 13.9 Å². The van der Waals surface area contributed by atoms with Gasteiger partial charge in [0.1, 0.15) is 11.5 Å². The summed E-state index contributed by atoms with van der Waals surface area (Å²) in [7, 11) is 3.14. The Balaban J connectivity index is 1.63. The lowest BCUT2D eigenvalue weighted by atomic mass is 10.1. The van der Waals surface area contributed by atoms with E-state index in [1.165, 1.54) is 17.3 Å². The highest BCUT2D eigenvalue weighted by atomic mass is 32.2. The molecule has 0 aliphatic rings. The Morgan fingerprint density at radius 3 is 2.39 bits per heavy atom. The summed E-state index contributed by atoms with van der Waals surface area (Å²) >= 11 is 1.18. The number of nitrogens with zero attached hydrogens (tertiary/aromatic N) is 2. The maximum Gasteiger partial charge on any atom is 0.277 e. The van der Waals surface area contributed by atoms with E-state index in [1.807, 2.05) is 32.0 Å². The van der Waals surface area contributed by atoms with Crippen LogP contribution in [-0.2, 0) is 4.79 Å². The predicted molar refractivity (Wildman–Crippen MR) is 108 cm³/mol. The van der Waals surface area contributed by atoms with Crippen molar-refractivity contribution in [2.75, 3.05) is 25.3 Å². The van der Waals surface area contributed by atoms with Gasteiger partial charge in [0.15, 0.2) is 0 Å². The molecular weight excluding hydrogens is 378 g/mol. The minimum Gasteiger partial charge on any atom is -0.497 e. The maximum atomic E-state index is 12.2. The molecule has 0 atom stereocenters. The SMILES string of the molecule is COc1cc(OC)cc(-c2nnc(SCC(=O)Nc3ccc(C)c(C)c3)o2)c1. The zero-order chi connectivity index (χ0) is 20.1. The summed E-state index contributed by atoms with van der Waals surface area (Å²) in [6.07, 6.45) is 0. The quantitative estimate of drug-likeness (QED) is 0.599. The van der Waals surface area contributed by atoms with Crippen LogP contribution in [0.5, 0.6) is 11.5 Å². The first-order valence-corrected chi connectivity index (χ1v) is 9.54. The molecule has 0 radical (unpaired) electrons. The van der Waals surface area contributed by atoms with Gasteiger partial charge in [0.25, 0.3) is 5.22 Å². The molecule has 2 aromatic carbocycles. The smallest absolute Gasteiger partial charge is 0.277 e. The highest BCUT2D eigenvalue weighted by Gasteiger charge is 2.13. The monoisotopic (exact) mass is 399 g/mol. The van der Waals surface area contributed by atoms with Gasteiger partial charge >= 0.3 is 0 Å². The number of carbonyl (C=O) groups is 1. The molecule has 3 rings (SSSR count). The normalized spacial score (nSPS) is 10.6. The third-order valence-corrected chi connectivity index (χ3v) is 4.94. The Morgan fingerprint density at radius 2 is 1.75 bits per heavy atom. The van der Waals surface area contributed by atoms with Crippen molar-refractivity contribution in [1.29, 1.82) is 0 Å². The summed E-state index contributed by atoms with van der Waals surface area (Å²) in [5, 5.41) is 11.2. The van der Waals surface area contributed by atoms with Gasteiger partial charge in [0.2, 0.25) is 11.8 Å². The van der Waals surface area contributed by atoms with Gasteiger partial charge < -0.3 is 19.2 Å². The van der Waals surface area contributed by atoms with Gasteiger partial charge in [-0.2, -0.15) is 0 Å². The van der Waals surface area contributed by atoms with Gasteiger partial charge in [-0.25, -0.2) is 0 Å². The van der Waals surface area contributed by atoms with Crippen LogP contribution in [0.2, 0.25) is 0 Å². The first-order chi connectivity index (χ1) is 13.5. The van der Waals surface area contributed by atoms with E-state index in [0.717, 1.165) is 11.3 Å². The van der Waals surface area contributed by atoms with Crippen LogP contribution in [0.1, 0.15) is 11.1 Å². The fourth-order valence-electron chi connectivity index (χ4n) is 2.46. The van der Waals surface area contributed by atoms with Gasteiger partial charge in [-0.3, -0.25) is 4.79 Å². The van der Waals surface area contributed by atoms with Crippen molar-refractivity contribution in [3.8, 4) is 23.0 Å². The van der Waals surface area contributed by atoms with Gasteiger partial charge in [-0.15, -0.1) is 10.2 Å². The maximum absolute atomic E-state index is 12.2. The molecule has 0 fully saturated rings. The van der Waals surface area contributed by atoms with Crippen LogP contribution in [0.15, 0.2) is 46.0 Å². The average molecular weight is 399 g/mol. The molecule has 7 nitrogen and oxygen atoms in total. The number of aryl methyl sites for hydroxylation is 2. The van der Waals surface area contributed by atoms with E-state index in [-0.39, 0.29) is 11.7 Å². The number of thioether (sulfide) groups is 1. The number of rotatable bonds is 7. The van der Waals surface area contributed by atoms with E-state index >= 15 is 0 Å². The van der Waals surface area contributed by atoms with E-state index in [9.17, 15) is 4.79 Å². The van der Waals surface area contributed by atoms with Crippen LogP contribution in [0.25, 0.3) is 11.5 Å². The highest BCUT2D eigenvalue weighted by molar-refractivity contribution is 7.99. The van der Waals surface area contributed by atoms with Crippen molar-refractivity contribution in [3.05, 3.63) is 47.5 Å². The molecule has 146 valence electrons. The van der Waals surface area contributed by atoms with Crippen molar-refractivity contribution in [3.63, 3.8) is 0 Å². The van der Waals surface area contributed by atoms with Gasteiger partial charge in [0.05, 0.1) is 20.0 Å². The number of amides is 1. The molecule has 0 bridgehead atoms. The number of benzene rings is 2. The van der Waals surface area contributed by atoms with Gasteiger partial charge in [-0.05, 0) is 49.2 Å². The number of hydrogen-bond donors (Lipinski definition) is 1. The fourth-order valence-corrected chi connectivity index (χ4v) is 3.02. The first kappa shape index (κ1) is 19.8. The second kappa shape index (κ2) is 8.79. The Labute approximate surface area is 167 Å². The second-order valence-electron chi connectivity index (χ2n) is 6.11. The minimum absolute atomic E-state index is 0.143. The molecule has 8 heteroatoms. The standard InChI is InChI=1S/C20H21N3O4S/c1-12-5-6-15(7-13(12)2)21-18(24)11-28-20-23-22-19(27-20)14-8-16(25-3)10-17(9-14)26-4/h5-10H,11H2,1-4H3,(H,21,24). The van der Waals surface area contributed by atoms with Crippen LogP contribution in [0.3, 0.4) is 0 Å². The molecule has 0 saturated heterocycles. The summed E-state index contributed by atoms with van der Waals surface area (Å²) < 4.78 is 16.2. The second-order valence-corrected chi connectivity index (χ2v) is 7.04. The molecule has 0 spiro atoms. The lowest BCUT2D eigenvalue weighted by Gasteiger charge is -2.07. The zero-order valence-corrected chi connectivity index (χ0v) is 16.9. The number of carbonyl (C=O) groups excluding carboxylic acids is 1. The molecular formula is C20H21N3O4S. The number of nitrogens with one attached hydrogen (secondary N) is 1. The number of hydrogen-bond acceptors (Lipinski definition) is 7. The average Bonchev–Trinajstić information content (AvgIpc) is 3.18.